The summed E-state index contributed by atoms with van der Waals surface area (Å²) in [6.45, 7) is 3.97. The van der Waals surface area contributed by atoms with Crippen LogP contribution in [0.3, 0.4) is 0 Å². The highest BCUT2D eigenvalue weighted by atomic mass is 16.6. The summed E-state index contributed by atoms with van der Waals surface area (Å²) in [5, 5.41) is 10.9. The van der Waals surface area contributed by atoms with Gasteiger partial charge in [-0.05, 0) is 41.4 Å². The summed E-state index contributed by atoms with van der Waals surface area (Å²) in [4.78, 5) is 4.21. The third-order valence-corrected chi connectivity index (χ3v) is 3.29. The van der Waals surface area contributed by atoms with E-state index in [0.717, 1.165) is 18.6 Å². The molecule has 1 atom stereocenters. The van der Waals surface area contributed by atoms with Crippen LogP contribution < -0.4 is 10.5 Å². The van der Waals surface area contributed by atoms with Crippen LogP contribution in [0.1, 0.15) is 37.8 Å². The molecule has 2 heterocycles. The van der Waals surface area contributed by atoms with Crippen LogP contribution in [-0.4, -0.2) is 20.5 Å². The molecule has 0 fully saturated rings. The van der Waals surface area contributed by atoms with Gasteiger partial charge >= 0.3 is 0 Å². The third-order valence-electron chi connectivity index (χ3n) is 3.29. The Balaban J connectivity index is 1.70. The van der Waals surface area contributed by atoms with E-state index < -0.39 is 6.10 Å². The summed E-state index contributed by atoms with van der Waals surface area (Å²) in [7, 11) is 0. The lowest BCUT2D eigenvalue weighted by atomic mass is 10.1. The monoisotopic (exact) mass is 315 g/mol. The Bertz CT molecular complexity index is 766. The molecule has 3 rings (SSSR count). The van der Waals surface area contributed by atoms with Crippen molar-refractivity contribution in [2.45, 2.75) is 32.8 Å². The van der Waals surface area contributed by atoms with E-state index in [1.54, 1.807) is 0 Å². The maximum absolute atomic E-state index is 5.81. The number of benzene rings is 1. The molecule has 3 aromatic rings. The number of anilines is 1. The molecule has 8 nitrogen and oxygen atoms in total. The van der Waals surface area contributed by atoms with E-state index in [0.29, 0.717) is 5.89 Å². The van der Waals surface area contributed by atoms with Crippen molar-refractivity contribution >= 4 is 5.82 Å². The summed E-state index contributed by atoms with van der Waals surface area (Å²) in [6, 6.07) is 7.95. The average Bonchev–Trinajstić information content (AvgIpc) is 3.18. The number of hydrogen-bond acceptors (Lipinski definition) is 8. The molecule has 0 radical (unpaired) electrons. The van der Waals surface area contributed by atoms with Crippen LogP contribution in [0.4, 0.5) is 5.82 Å². The first-order valence-corrected chi connectivity index (χ1v) is 7.35. The zero-order valence-electron chi connectivity index (χ0n) is 12.9. The highest BCUT2D eigenvalue weighted by Gasteiger charge is 2.20. The summed E-state index contributed by atoms with van der Waals surface area (Å²) in [6.07, 6.45) is 1.76. The van der Waals surface area contributed by atoms with Crippen LogP contribution in [-0.2, 0) is 6.42 Å². The van der Waals surface area contributed by atoms with Gasteiger partial charge in [0.15, 0.2) is 17.6 Å². The quantitative estimate of drug-likeness (QED) is 0.738. The highest BCUT2D eigenvalue weighted by Crippen LogP contribution is 2.24. The molecule has 0 saturated carbocycles. The zero-order valence-corrected chi connectivity index (χ0v) is 12.9. The number of nitrogen functional groups attached to an aromatic ring is 1. The summed E-state index contributed by atoms with van der Waals surface area (Å²) in [5.74, 6) is 1.38. The minimum Gasteiger partial charge on any atom is -0.481 e. The molecule has 2 N–H and O–H groups in total. The first-order valence-electron chi connectivity index (χ1n) is 7.35. The van der Waals surface area contributed by atoms with E-state index in [-0.39, 0.29) is 17.3 Å². The largest absolute Gasteiger partial charge is 0.481 e. The highest BCUT2D eigenvalue weighted by molar-refractivity contribution is 5.61. The molecule has 120 valence electrons. The maximum atomic E-state index is 5.81. The van der Waals surface area contributed by atoms with Gasteiger partial charge < -0.3 is 15.0 Å². The van der Waals surface area contributed by atoms with Crippen LogP contribution in [0.5, 0.6) is 5.75 Å². The van der Waals surface area contributed by atoms with Crippen LogP contribution in [0, 0.1) is 0 Å². The summed E-state index contributed by atoms with van der Waals surface area (Å²) in [5.41, 5.74) is 7.13. The lowest BCUT2D eigenvalue weighted by Gasteiger charge is -2.11. The second-order valence-corrected chi connectivity index (χ2v) is 5.11. The standard InChI is InChI=1S/C15H17N5O3/c1-3-4-10-5-7-11(8-6-10)21-9(2)15-17-14(20-22-15)12-13(16)19-23-18-12/h5-9H,3-4H2,1-2H3,(H2,16,19). The normalized spacial score (nSPS) is 12.3. The summed E-state index contributed by atoms with van der Waals surface area (Å²) < 4.78 is 15.5. The van der Waals surface area contributed by atoms with Crippen molar-refractivity contribution in [1.29, 1.82) is 0 Å². The fraction of sp³-hybridized carbons (Fsp3) is 0.333. The molecule has 0 aliphatic carbocycles. The van der Waals surface area contributed by atoms with Gasteiger partial charge in [-0.25, -0.2) is 4.63 Å². The predicted molar refractivity (Wildman–Crippen MR) is 81.5 cm³/mol. The van der Waals surface area contributed by atoms with Gasteiger partial charge in [-0.1, -0.05) is 30.6 Å². The Morgan fingerprint density at radius 1 is 1.17 bits per heavy atom. The number of nitrogens with zero attached hydrogens (tertiary/aromatic N) is 4. The number of hydrogen-bond donors (Lipinski definition) is 1. The van der Waals surface area contributed by atoms with Gasteiger partial charge in [-0.15, -0.1) is 0 Å². The molecule has 2 aromatic heterocycles. The van der Waals surface area contributed by atoms with Gasteiger partial charge in [0.25, 0.3) is 5.89 Å². The Kier molecular flexibility index (Phi) is 4.22. The van der Waals surface area contributed by atoms with Crippen molar-refractivity contribution in [3.05, 3.63) is 35.7 Å². The predicted octanol–water partition coefficient (Wildman–Crippen LogP) is 2.79. The molecule has 0 saturated heterocycles. The van der Waals surface area contributed by atoms with Crippen molar-refractivity contribution in [3.8, 4) is 17.3 Å². The van der Waals surface area contributed by atoms with Crippen LogP contribution >= 0.6 is 0 Å². The van der Waals surface area contributed by atoms with Gasteiger partial charge in [0, 0.05) is 0 Å². The lowest BCUT2D eigenvalue weighted by molar-refractivity contribution is 0.176. The minimum atomic E-state index is -0.408. The first kappa shape index (κ1) is 15.0. The van der Waals surface area contributed by atoms with Gasteiger partial charge in [0.05, 0.1) is 0 Å². The topological polar surface area (TPSA) is 113 Å². The Hall–Kier alpha value is -2.90. The third kappa shape index (κ3) is 3.31. The molecule has 0 spiro atoms. The molecule has 1 aromatic carbocycles. The lowest BCUT2D eigenvalue weighted by Crippen LogP contribution is -2.03. The van der Waals surface area contributed by atoms with Gasteiger partial charge in [0.2, 0.25) is 5.82 Å². The van der Waals surface area contributed by atoms with Gasteiger partial charge in [-0.3, -0.25) is 0 Å². The van der Waals surface area contributed by atoms with Crippen molar-refractivity contribution in [2.24, 2.45) is 0 Å². The summed E-state index contributed by atoms with van der Waals surface area (Å²) >= 11 is 0. The number of aryl methyl sites for hydroxylation is 1. The second kappa shape index (κ2) is 6.47. The van der Waals surface area contributed by atoms with E-state index in [9.17, 15) is 0 Å². The minimum absolute atomic E-state index is 0.109. The molecule has 23 heavy (non-hydrogen) atoms. The van der Waals surface area contributed by atoms with Crippen molar-refractivity contribution < 1.29 is 13.9 Å². The molecule has 0 amide bonds. The molecular formula is C15H17N5O3. The second-order valence-electron chi connectivity index (χ2n) is 5.11. The number of rotatable bonds is 6. The molecular weight excluding hydrogens is 298 g/mol. The van der Waals surface area contributed by atoms with E-state index in [4.69, 9.17) is 15.0 Å². The van der Waals surface area contributed by atoms with Crippen LogP contribution in [0.15, 0.2) is 33.4 Å². The smallest absolute Gasteiger partial charge is 0.267 e. The molecule has 8 heteroatoms. The van der Waals surface area contributed by atoms with Crippen molar-refractivity contribution in [3.63, 3.8) is 0 Å². The Morgan fingerprint density at radius 2 is 1.96 bits per heavy atom. The Labute approximate surface area is 132 Å². The molecule has 0 aliphatic rings. The van der Waals surface area contributed by atoms with E-state index in [1.165, 1.54) is 5.56 Å². The van der Waals surface area contributed by atoms with Crippen molar-refractivity contribution in [1.82, 2.24) is 20.5 Å². The van der Waals surface area contributed by atoms with Gasteiger partial charge in [0.1, 0.15) is 5.75 Å². The van der Waals surface area contributed by atoms with E-state index in [1.807, 2.05) is 31.2 Å². The van der Waals surface area contributed by atoms with Crippen molar-refractivity contribution in [2.75, 3.05) is 5.73 Å². The van der Waals surface area contributed by atoms with Crippen LogP contribution in [0.25, 0.3) is 11.5 Å². The SMILES string of the molecule is CCCc1ccc(OC(C)c2nc(-c3nonc3N)no2)cc1. The number of nitrogens with two attached hydrogens (primary N) is 1. The fourth-order valence-electron chi connectivity index (χ4n) is 2.12. The fourth-order valence-corrected chi connectivity index (χ4v) is 2.12. The number of aromatic nitrogens is 4. The molecule has 1 unspecified atom stereocenters. The first-order chi connectivity index (χ1) is 11.2. The maximum Gasteiger partial charge on any atom is 0.267 e. The zero-order chi connectivity index (χ0) is 16.2. The van der Waals surface area contributed by atoms with Gasteiger partial charge in [-0.2, -0.15) is 4.98 Å². The van der Waals surface area contributed by atoms with Crippen LogP contribution in [0.2, 0.25) is 0 Å². The van der Waals surface area contributed by atoms with E-state index in [2.05, 4.69) is 32.0 Å². The molecule has 0 aliphatic heterocycles. The average molecular weight is 315 g/mol. The molecule has 0 bridgehead atoms. The Morgan fingerprint density at radius 3 is 2.61 bits per heavy atom. The number of ether oxygens (including phenoxy) is 1. The van der Waals surface area contributed by atoms with E-state index >= 15 is 0 Å².